The van der Waals surface area contributed by atoms with E-state index < -0.39 is 11.4 Å². The lowest BCUT2D eigenvalue weighted by atomic mass is 10.1. The molecule has 6 heteroatoms. The molecule has 0 aliphatic carbocycles. The summed E-state index contributed by atoms with van der Waals surface area (Å²) in [5.74, 6) is 0. The van der Waals surface area contributed by atoms with Crippen molar-refractivity contribution < 1.29 is 14.0 Å². The number of aromatic nitrogens is 1. The van der Waals surface area contributed by atoms with E-state index in [0.29, 0.717) is 12.8 Å². The number of nitrogens with zero attached hydrogens (tertiary/aromatic N) is 2. The summed E-state index contributed by atoms with van der Waals surface area (Å²) in [5, 5.41) is 0. The lowest BCUT2D eigenvalue weighted by molar-refractivity contribution is -0.180. The van der Waals surface area contributed by atoms with Gasteiger partial charge >= 0.3 is 0 Å². The SMILES string of the molecule is CC(C)(C)[S+]([O-])N=C(CCC1OCCCO1)c1cccnc1. The zero-order valence-electron chi connectivity index (χ0n) is 13.4. The molecule has 0 bridgehead atoms. The van der Waals surface area contributed by atoms with Gasteiger partial charge in [0.2, 0.25) is 0 Å². The molecule has 1 aromatic rings. The normalized spacial score (nSPS) is 19.2. The average Bonchev–Trinajstić information content (AvgIpc) is 2.52. The van der Waals surface area contributed by atoms with Crippen LogP contribution in [0.5, 0.6) is 0 Å². The van der Waals surface area contributed by atoms with Gasteiger partial charge in [0.15, 0.2) is 6.29 Å². The Balaban J connectivity index is 2.09. The van der Waals surface area contributed by atoms with Crippen LogP contribution in [0, 0.1) is 0 Å². The fraction of sp³-hybridized carbons (Fsp3) is 0.625. The van der Waals surface area contributed by atoms with E-state index >= 15 is 0 Å². The monoisotopic (exact) mass is 324 g/mol. The minimum Gasteiger partial charge on any atom is -0.591 e. The Bertz CT molecular complexity index is 482. The van der Waals surface area contributed by atoms with Crippen LogP contribution in [0.25, 0.3) is 0 Å². The highest BCUT2D eigenvalue weighted by Gasteiger charge is 2.28. The Morgan fingerprint density at radius 2 is 2.14 bits per heavy atom. The van der Waals surface area contributed by atoms with Gasteiger partial charge in [-0.25, -0.2) is 0 Å². The van der Waals surface area contributed by atoms with Crippen LogP contribution in [0.4, 0.5) is 0 Å². The molecule has 0 amide bonds. The summed E-state index contributed by atoms with van der Waals surface area (Å²) in [6.45, 7) is 7.22. The summed E-state index contributed by atoms with van der Waals surface area (Å²) in [6.07, 6.45) is 5.57. The molecule has 2 rings (SSSR count). The molecular formula is C16H24N2O3S. The molecule has 1 aliphatic rings. The summed E-state index contributed by atoms with van der Waals surface area (Å²) < 4.78 is 27.5. The Kier molecular flexibility index (Phi) is 6.37. The fourth-order valence-electron chi connectivity index (χ4n) is 1.97. The van der Waals surface area contributed by atoms with Crippen LogP contribution in [0.2, 0.25) is 0 Å². The maximum absolute atomic E-state index is 12.3. The zero-order valence-corrected chi connectivity index (χ0v) is 14.3. The van der Waals surface area contributed by atoms with Crippen molar-refractivity contribution in [3.05, 3.63) is 30.1 Å². The maximum atomic E-state index is 12.3. The Morgan fingerprint density at radius 3 is 2.73 bits per heavy atom. The summed E-state index contributed by atoms with van der Waals surface area (Å²) >= 11 is -1.30. The number of pyridine rings is 1. The van der Waals surface area contributed by atoms with E-state index in [1.165, 1.54) is 0 Å². The maximum Gasteiger partial charge on any atom is 0.157 e. The molecule has 122 valence electrons. The van der Waals surface area contributed by atoms with E-state index in [0.717, 1.165) is 30.9 Å². The summed E-state index contributed by atoms with van der Waals surface area (Å²) in [6, 6.07) is 3.80. The number of hydrogen-bond acceptors (Lipinski definition) is 5. The molecule has 0 N–H and O–H groups in total. The van der Waals surface area contributed by atoms with E-state index in [1.807, 2.05) is 32.9 Å². The largest absolute Gasteiger partial charge is 0.591 e. The van der Waals surface area contributed by atoms with Crippen molar-refractivity contribution >= 4 is 17.1 Å². The second-order valence-corrected chi connectivity index (χ2v) is 8.11. The highest BCUT2D eigenvalue weighted by atomic mass is 32.2. The smallest absolute Gasteiger partial charge is 0.157 e. The second kappa shape index (κ2) is 8.06. The van der Waals surface area contributed by atoms with Gasteiger partial charge in [-0.15, -0.1) is 0 Å². The summed E-state index contributed by atoms with van der Waals surface area (Å²) in [7, 11) is 0. The molecular weight excluding hydrogens is 300 g/mol. The topological polar surface area (TPSA) is 66.8 Å². The number of rotatable bonds is 5. The third-order valence-electron chi connectivity index (χ3n) is 3.22. The van der Waals surface area contributed by atoms with Gasteiger partial charge in [0.1, 0.15) is 21.8 Å². The second-order valence-electron chi connectivity index (χ2n) is 6.20. The molecule has 1 aromatic heterocycles. The van der Waals surface area contributed by atoms with Gasteiger partial charge in [0, 0.05) is 24.4 Å². The molecule has 1 fully saturated rings. The zero-order chi connectivity index (χ0) is 16.0. The van der Waals surface area contributed by atoms with Crippen molar-refractivity contribution in [2.24, 2.45) is 4.40 Å². The summed E-state index contributed by atoms with van der Waals surface area (Å²) in [5.41, 5.74) is 1.69. The molecule has 22 heavy (non-hydrogen) atoms. The van der Waals surface area contributed by atoms with Crippen LogP contribution in [0.1, 0.15) is 45.6 Å². The van der Waals surface area contributed by atoms with Gasteiger partial charge < -0.3 is 14.0 Å². The molecule has 1 atom stereocenters. The van der Waals surface area contributed by atoms with Gasteiger partial charge in [-0.05, 0) is 45.7 Å². The van der Waals surface area contributed by atoms with Gasteiger partial charge in [-0.2, -0.15) is 0 Å². The minimum absolute atomic E-state index is 0.196. The molecule has 1 unspecified atom stereocenters. The predicted molar refractivity (Wildman–Crippen MR) is 88.2 cm³/mol. The predicted octanol–water partition coefficient (Wildman–Crippen LogP) is 2.88. The first-order valence-electron chi connectivity index (χ1n) is 7.60. The van der Waals surface area contributed by atoms with Crippen molar-refractivity contribution in [2.45, 2.75) is 51.1 Å². The van der Waals surface area contributed by atoms with E-state index in [2.05, 4.69) is 9.38 Å². The van der Waals surface area contributed by atoms with Crippen LogP contribution >= 0.6 is 0 Å². The molecule has 0 saturated carbocycles. The lowest BCUT2D eigenvalue weighted by Gasteiger charge is -2.23. The summed E-state index contributed by atoms with van der Waals surface area (Å²) in [4.78, 5) is 4.13. The van der Waals surface area contributed by atoms with Crippen LogP contribution in [-0.2, 0) is 20.8 Å². The van der Waals surface area contributed by atoms with E-state index in [-0.39, 0.29) is 11.0 Å². The Hall–Kier alpha value is -0.950. The highest BCUT2D eigenvalue weighted by Crippen LogP contribution is 2.20. The van der Waals surface area contributed by atoms with Crippen molar-refractivity contribution in [2.75, 3.05) is 13.2 Å². The highest BCUT2D eigenvalue weighted by molar-refractivity contribution is 7.91. The van der Waals surface area contributed by atoms with Crippen molar-refractivity contribution in [3.8, 4) is 0 Å². The fourth-order valence-corrected chi connectivity index (χ4v) is 2.64. The third kappa shape index (κ3) is 5.35. The lowest BCUT2D eigenvalue weighted by Crippen LogP contribution is -2.28. The van der Waals surface area contributed by atoms with Gasteiger partial charge in [0.25, 0.3) is 0 Å². The van der Waals surface area contributed by atoms with Crippen LogP contribution < -0.4 is 0 Å². The average molecular weight is 324 g/mol. The van der Waals surface area contributed by atoms with E-state index in [9.17, 15) is 4.55 Å². The molecule has 1 saturated heterocycles. The molecule has 0 spiro atoms. The van der Waals surface area contributed by atoms with Crippen LogP contribution in [-0.4, -0.2) is 39.5 Å². The van der Waals surface area contributed by atoms with Crippen LogP contribution in [0.3, 0.4) is 0 Å². The van der Waals surface area contributed by atoms with Gasteiger partial charge in [0.05, 0.1) is 13.2 Å². The van der Waals surface area contributed by atoms with Crippen molar-refractivity contribution in [1.29, 1.82) is 0 Å². The standard InChI is InChI=1S/C16H24N2O3S/c1-16(2,3)22(19)18-14(13-6-4-9-17-12-13)7-8-15-20-10-5-11-21-15/h4,6,9,12,15H,5,7-8,10-11H2,1-3H3. The molecule has 5 nitrogen and oxygen atoms in total. The first-order valence-corrected chi connectivity index (χ1v) is 8.70. The van der Waals surface area contributed by atoms with E-state index in [1.54, 1.807) is 12.4 Å². The number of ether oxygens (including phenoxy) is 2. The van der Waals surface area contributed by atoms with Crippen molar-refractivity contribution in [3.63, 3.8) is 0 Å². The third-order valence-corrected chi connectivity index (χ3v) is 4.66. The molecule has 1 aliphatic heterocycles. The van der Waals surface area contributed by atoms with Crippen LogP contribution in [0.15, 0.2) is 28.9 Å². The number of hydrogen-bond donors (Lipinski definition) is 0. The first-order chi connectivity index (χ1) is 10.5. The Morgan fingerprint density at radius 1 is 1.41 bits per heavy atom. The first kappa shape index (κ1) is 17.4. The van der Waals surface area contributed by atoms with Gasteiger partial charge in [-0.3, -0.25) is 4.98 Å². The van der Waals surface area contributed by atoms with Crippen molar-refractivity contribution in [1.82, 2.24) is 4.98 Å². The molecule has 0 radical (unpaired) electrons. The quantitative estimate of drug-likeness (QED) is 0.617. The molecule has 2 heterocycles. The minimum atomic E-state index is -1.30. The van der Waals surface area contributed by atoms with Gasteiger partial charge in [-0.1, -0.05) is 4.40 Å². The molecule has 0 aromatic carbocycles. The Labute approximate surface area is 135 Å². The van der Waals surface area contributed by atoms with E-state index in [4.69, 9.17) is 9.47 Å².